The van der Waals surface area contributed by atoms with Crippen LogP contribution < -0.4 is 5.32 Å². The molecule has 6 nitrogen and oxygen atoms in total. The van der Waals surface area contributed by atoms with Gasteiger partial charge in [-0.1, -0.05) is 6.07 Å². The molecule has 0 spiro atoms. The number of likely N-dealkylation sites (N-methyl/N-ethyl adjacent to an activating group) is 1. The van der Waals surface area contributed by atoms with Gasteiger partial charge in [-0.3, -0.25) is 14.5 Å². The Hall–Kier alpha value is -2.41. The molecule has 2 heterocycles. The maximum Gasteiger partial charge on any atom is 0.267 e. The third-order valence-electron chi connectivity index (χ3n) is 6.93. The zero-order valence-electron chi connectivity index (χ0n) is 18.0. The lowest BCUT2D eigenvalue weighted by Gasteiger charge is -2.36. The van der Waals surface area contributed by atoms with Crippen LogP contribution in [-0.2, 0) is 4.79 Å². The van der Waals surface area contributed by atoms with Gasteiger partial charge in [-0.15, -0.1) is 0 Å². The van der Waals surface area contributed by atoms with Crippen molar-refractivity contribution in [2.75, 3.05) is 20.1 Å². The molecule has 2 aromatic rings. The van der Waals surface area contributed by atoms with Crippen LogP contribution in [0.4, 0.5) is 4.39 Å². The van der Waals surface area contributed by atoms with Crippen molar-refractivity contribution in [3.8, 4) is 0 Å². The van der Waals surface area contributed by atoms with E-state index >= 15 is 0 Å². The van der Waals surface area contributed by atoms with Gasteiger partial charge in [0.15, 0.2) is 0 Å². The van der Waals surface area contributed by atoms with Crippen LogP contribution in [0.3, 0.4) is 0 Å². The van der Waals surface area contributed by atoms with E-state index in [-0.39, 0.29) is 29.7 Å². The van der Waals surface area contributed by atoms with E-state index in [0.29, 0.717) is 22.6 Å². The fraction of sp³-hybridized carbons (Fsp3) is 0.565. The van der Waals surface area contributed by atoms with Crippen molar-refractivity contribution in [2.24, 2.45) is 0 Å². The summed E-state index contributed by atoms with van der Waals surface area (Å²) in [6, 6.07) is 5.58. The highest BCUT2D eigenvalue weighted by Gasteiger charge is 2.34. The smallest absolute Gasteiger partial charge is 0.267 e. The van der Waals surface area contributed by atoms with E-state index in [0.717, 1.165) is 50.8 Å². The molecule has 3 atom stereocenters. The van der Waals surface area contributed by atoms with Crippen LogP contribution in [0, 0.1) is 12.7 Å². The lowest BCUT2D eigenvalue weighted by molar-refractivity contribution is -0.129. The highest BCUT2D eigenvalue weighted by Crippen LogP contribution is 2.28. The summed E-state index contributed by atoms with van der Waals surface area (Å²) in [5, 5.41) is 3.61. The molecule has 1 saturated heterocycles. The largest absolute Gasteiger partial charge is 0.350 e. The number of hydrogen-bond donors (Lipinski definition) is 2. The summed E-state index contributed by atoms with van der Waals surface area (Å²) in [6.07, 6.45) is 5.07. The number of likely N-dealkylation sites (tertiary alicyclic amines) is 1. The number of H-pyrrole nitrogens is 1. The summed E-state index contributed by atoms with van der Waals surface area (Å²) in [7, 11) is 1.88. The van der Waals surface area contributed by atoms with Gasteiger partial charge in [0.05, 0.1) is 5.52 Å². The molecule has 1 aliphatic carbocycles. The lowest BCUT2D eigenvalue weighted by atomic mass is 9.90. The molecule has 0 bridgehead atoms. The van der Waals surface area contributed by atoms with Gasteiger partial charge in [-0.25, -0.2) is 4.39 Å². The van der Waals surface area contributed by atoms with E-state index < -0.39 is 0 Å². The highest BCUT2D eigenvalue weighted by molar-refractivity contribution is 5.99. The number of carbonyl (C=O) groups is 2. The molecule has 2 aliphatic rings. The zero-order chi connectivity index (χ0) is 21.4. The maximum absolute atomic E-state index is 14.1. The summed E-state index contributed by atoms with van der Waals surface area (Å²) in [4.78, 5) is 31.9. The molecule has 1 saturated carbocycles. The molecule has 1 aromatic carbocycles. The maximum atomic E-state index is 14.1. The molecule has 0 radical (unpaired) electrons. The number of halogens is 1. The number of nitrogens with one attached hydrogen (secondary N) is 2. The van der Waals surface area contributed by atoms with Crippen molar-refractivity contribution in [2.45, 2.75) is 64.1 Å². The first kappa shape index (κ1) is 20.8. The number of fused-ring (bicyclic) bond motifs is 1. The summed E-state index contributed by atoms with van der Waals surface area (Å²) >= 11 is 0. The summed E-state index contributed by atoms with van der Waals surface area (Å²) < 4.78 is 14.1. The van der Waals surface area contributed by atoms with Crippen molar-refractivity contribution >= 4 is 22.7 Å². The summed E-state index contributed by atoms with van der Waals surface area (Å²) in [5.41, 5.74) is 2.01. The minimum Gasteiger partial charge on any atom is -0.350 e. The third kappa shape index (κ3) is 4.08. The predicted molar refractivity (Wildman–Crippen MR) is 115 cm³/mol. The summed E-state index contributed by atoms with van der Waals surface area (Å²) in [5.74, 6) is -0.380. The number of rotatable bonds is 4. The van der Waals surface area contributed by atoms with E-state index in [4.69, 9.17) is 0 Å². The van der Waals surface area contributed by atoms with Crippen LogP contribution in [0.2, 0.25) is 0 Å². The second kappa shape index (κ2) is 8.38. The van der Waals surface area contributed by atoms with Gasteiger partial charge < -0.3 is 15.2 Å². The number of carbonyl (C=O) groups excluding carboxylic acids is 2. The van der Waals surface area contributed by atoms with Crippen molar-refractivity contribution in [3.63, 3.8) is 0 Å². The Kier molecular flexibility index (Phi) is 5.82. The number of benzene rings is 1. The number of aryl methyl sites for hydroxylation is 1. The van der Waals surface area contributed by atoms with Crippen LogP contribution in [-0.4, -0.2) is 64.9 Å². The minimum absolute atomic E-state index is 0.109. The lowest BCUT2D eigenvalue weighted by Crippen LogP contribution is -2.46. The summed E-state index contributed by atoms with van der Waals surface area (Å²) in [6.45, 7) is 5.42. The van der Waals surface area contributed by atoms with E-state index in [1.165, 1.54) is 6.07 Å². The Morgan fingerprint density at radius 2 is 2.07 bits per heavy atom. The van der Waals surface area contributed by atoms with Gasteiger partial charge >= 0.3 is 0 Å². The van der Waals surface area contributed by atoms with Gasteiger partial charge in [0.25, 0.3) is 5.91 Å². The van der Waals surface area contributed by atoms with Crippen molar-refractivity contribution in [1.82, 2.24) is 20.1 Å². The molecule has 2 fully saturated rings. The number of amides is 2. The molecular weight excluding hydrogens is 383 g/mol. The first-order chi connectivity index (χ1) is 14.3. The van der Waals surface area contributed by atoms with Gasteiger partial charge in [0.2, 0.25) is 5.91 Å². The molecule has 7 heteroatoms. The van der Waals surface area contributed by atoms with Crippen LogP contribution >= 0.6 is 0 Å². The Labute approximate surface area is 176 Å². The van der Waals surface area contributed by atoms with E-state index in [9.17, 15) is 14.0 Å². The van der Waals surface area contributed by atoms with Gasteiger partial charge in [-0.2, -0.15) is 0 Å². The van der Waals surface area contributed by atoms with Crippen LogP contribution in [0.5, 0.6) is 0 Å². The fourth-order valence-corrected chi connectivity index (χ4v) is 5.01. The first-order valence-corrected chi connectivity index (χ1v) is 10.9. The molecule has 0 unspecified atom stereocenters. The van der Waals surface area contributed by atoms with Crippen molar-refractivity contribution in [3.05, 3.63) is 35.3 Å². The monoisotopic (exact) mass is 414 g/mol. The average molecular weight is 415 g/mol. The molecular formula is C23H31FN4O2. The van der Waals surface area contributed by atoms with E-state index in [1.807, 2.05) is 18.9 Å². The quantitative estimate of drug-likeness (QED) is 0.807. The SMILES string of the molecule is CC(=O)N(C)[C@@H]1CCN([C@@H]2CCC[C@@H](NC(=O)c3cc4c(F)ccc(C)c4[nH]3)C2)C1. The number of aromatic amines is 1. The Morgan fingerprint density at radius 1 is 1.27 bits per heavy atom. The molecule has 30 heavy (non-hydrogen) atoms. The molecule has 2 amide bonds. The van der Waals surface area contributed by atoms with Gasteiger partial charge in [-0.05, 0) is 56.7 Å². The number of hydrogen-bond acceptors (Lipinski definition) is 3. The van der Waals surface area contributed by atoms with Crippen LogP contribution in [0.1, 0.15) is 55.1 Å². The van der Waals surface area contributed by atoms with Gasteiger partial charge in [0, 0.05) is 50.6 Å². The average Bonchev–Trinajstić information content (AvgIpc) is 3.39. The van der Waals surface area contributed by atoms with Crippen molar-refractivity contribution < 1.29 is 14.0 Å². The standard InChI is InChI=1S/C23H31FN4O2/c1-14-7-8-20(24)19-12-21(26-22(14)19)23(30)25-16-5-4-6-17(11-16)28-10-9-18(13-28)27(3)15(2)29/h7-8,12,16-18,26H,4-6,9-11,13H2,1-3H3,(H,25,30)/t16-,17-,18-/m1/s1. The fourth-order valence-electron chi connectivity index (χ4n) is 5.01. The Bertz CT molecular complexity index is 917. The topological polar surface area (TPSA) is 68.4 Å². The van der Waals surface area contributed by atoms with E-state index in [1.54, 1.807) is 19.1 Å². The third-order valence-corrected chi connectivity index (χ3v) is 6.93. The number of nitrogens with zero attached hydrogens (tertiary/aromatic N) is 2. The molecule has 2 N–H and O–H groups in total. The zero-order valence-corrected chi connectivity index (χ0v) is 18.0. The Morgan fingerprint density at radius 3 is 2.80 bits per heavy atom. The normalized spacial score (nSPS) is 24.9. The molecule has 4 rings (SSSR count). The molecule has 162 valence electrons. The first-order valence-electron chi connectivity index (χ1n) is 10.9. The molecule has 1 aromatic heterocycles. The van der Waals surface area contributed by atoms with E-state index in [2.05, 4.69) is 15.2 Å². The second-order valence-electron chi connectivity index (χ2n) is 8.89. The second-order valence-corrected chi connectivity index (χ2v) is 8.89. The van der Waals surface area contributed by atoms with Crippen molar-refractivity contribution in [1.29, 1.82) is 0 Å². The predicted octanol–water partition coefficient (Wildman–Crippen LogP) is 3.21. The molecule has 1 aliphatic heterocycles. The number of aromatic nitrogens is 1. The van der Waals surface area contributed by atoms with Crippen LogP contribution in [0.25, 0.3) is 10.9 Å². The Balaban J connectivity index is 1.39. The van der Waals surface area contributed by atoms with Crippen LogP contribution in [0.15, 0.2) is 18.2 Å². The highest BCUT2D eigenvalue weighted by atomic mass is 19.1. The van der Waals surface area contributed by atoms with Gasteiger partial charge in [0.1, 0.15) is 11.5 Å². The minimum atomic E-state index is -0.317.